The average molecular weight is 386 g/mol. The first kappa shape index (κ1) is 19.2. The average Bonchev–Trinajstić information content (AvgIpc) is 2.66. The molecule has 0 aliphatic rings. The standard InChI is InChI=1S/C20H16F2N2O4/c1-11-3-4-12(20(26)27-2)7-15(11)19-23-17(25)9-18(24-19)28-10-13-5-6-14(21)8-16(13)22/h3-9H,10H2,1-2H3,(H,23,24,25). The van der Waals surface area contributed by atoms with Crippen LogP contribution >= 0.6 is 0 Å². The van der Waals surface area contributed by atoms with Crippen molar-refractivity contribution in [3.05, 3.63) is 81.1 Å². The SMILES string of the molecule is COC(=O)c1ccc(C)c(-c2nc(OCc3ccc(F)cc3F)cc(=O)[nH]2)c1. The molecular formula is C20H16F2N2O4. The summed E-state index contributed by atoms with van der Waals surface area (Å²) in [6, 6.07) is 9.07. The van der Waals surface area contributed by atoms with Crippen LogP contribution in [0.4, 0.5) is 8.78 Å². The van der Waals surface area contributed by atoms with Crippen LogP contribution in [0.1, 0.15) is 21.5 Å². The molecule has 0 aliphatic heterocycles. The van der Waals surface area contributed by atoms with Crippen molar-refractivity contribution >= 4 is 5.97 Å². The van der Waals surface area contributed by atoms with E-state index in [4.69, 9.17) is 9.47 Å². The van der Waals surface area contributed by atoms with Crippen molar-refractivity contribution in [1.29, 1.82) is 0 Å². The lowest BCUT2D eigenvalue weighted by Gasteiger charge is -2.10. The third-order valence-electron chi connectivity index (χ3n) is 4.02. The van der Waals surface area contributed by atoms with Gasteiger partial charge in [0.1, 0.15) is 24.1 Å². The van der Waals surface area contributed by atoms with Crippen LogP contribution in [0, 0.1) is 18.6 Å². The fourth-order valence-electron chi connectivity index (χ4n) is 2.55. The van der Waals surface area contributed by atoms with Gasteiger partial charge in [0.25, 0.3) is 5.56 Å². The van der Waals surface area contributed by atoms with Gasteiger partial charge < -0.3 is 14.5 Å². The number of methoxy groups -OCH3 is 1. The van der Waals surface area contributed by atoms with Crippen LogP contribution in [0.3, 0.4) is 0 Å². The number of hydrogen-bond acceptors (Lipinski definition) is 5. The van der Waals surface area contributed by atoms with Crippen molar-refractivity contribution in [2.24, 2.45) is 0 Å². The highest BCUT2D eigenvalue weighted by atomic mass is 19.1. The molecule has 0 spiro atoms. The van der Waals surface area contributed by atoms with Crippen molar-refractivity contribution in [2.45, 2.75) is 13.5 Å². The minimum absolute atomic E-state index is 0.0367. The molecule has 0 saturated carbocycles. The Kier molecular flexibility index (Phi) is 5.49. The summed E-state index contributed by atoms with van der Waals surface area (Å²) in [6.45, 7) is 1.56. The molecule has 6 nitrogen and oxygen atoms in total. The van der Waals surface area contributed by atoms with E-state index in [0.717, 1.165) is 23.8 Å². The predicted octanol–water partition coefficient (Wildman–Crippen LogP) is 3.39. The number of aromatic nitrogens is 2. The molecule has 0 atom stereocenters. The van der Waals surface area contributed by atoms with E-state index >= 15 is 0 Å². The molecule has 0 amide bonds. The second kappa shape index (κ2) is 7.99. The Morgan fingerprint density at radius 3 is 2.64 bits per heavy atom. The van der Waals surface area contributed by atoms with Gasteiger partial charge >= 0.3 is 5.97 Å². The maximum Gasteiger partial charge on any atom is 0.337 e. The number of H-pyrrole nitrogens is 1. The van der Waals surface area contributed by atoms with E-state index in [1.807, 2.05) is 0 Å². The molecule has 1 aromatic heterocycles. The summed E-state index contributed by atoms with van der Waals surface area (Å²) in [7, 11) is 1.27. The van der Waals surface area contributed by atoms with Gasteiger partial charge in [-0.05, 0) is 36.8 Å². The quantitative estimate of drug-likeness (QED) is 0.680. The number of aromatic amines is 1. The summed E-state index contributed by atoms with van der Waals surface area (Å²) in [4.78, 5) is 30.6. The van der Waals surface area contributed by atoms with Crippen LogP contribution in [-0.2, 0) is 11.3 Å². The lowest BCUT2D eigenvalue weighted by molar-refractivity contribution is 0.0601. The van der Waals surface area contributed by atoms with Gasteiger partial charge in [0.05, 0.1) is 18.7 Å². The van der Waals surface area contributed by atoms with Crippen molar-refractivity contribution in [3.8, 4) is 17.3 Å². The lowest BCUT2D eigenvalue weighted by atomic mass is 10.0. The number of nitrogens with zero attached hydrogens (tertiary/aromatic N) is 1. The van der Waals surface area contributed by atoms with Crippen molar-refractivity contribution in [2.75, 3.05) is 7.11 Å². The first-order chi connectivity index (χ1) is 13.4. The normalized spacial score (nSPS) is 10.6. The number of halogens is 2. The molecule has 0 saturated heterocycles. The minimum Gasteiger partial charge on any atom is -0.472 e. The molecule has 3 rings (SSSR count). The van der Waals surface area contributed by atoms with E-state index in [1.165, 1.54) is 13.2 Å². The van der Waals surface area contributed by atoms with Crippen molar-refractivity contribution < 1.29 is 23.0 Å². The molecule has 0 fully saturated rings. The summed E-state index contributed by atoms with van der Waals surface area (Å²) in [5.74, 6) is -1.83. The van der Waals surface area contributed by atoms with Gasteiger partial charge in [0.2, 0.25) is 5.88 Å². The van der Waals surface area contributed by atoms with Crippen LogP contribution < -0.4 is 10.3 Å². The lowest BCUT2D eigenvalue weighted by Crippen LogP contribution is -2.11. The van der Waals surface area contributed by atoms with Crippen LogP contribution in [0.25, 0.3) is 11.4 Å². The molecule has 3 aromatic rings. The predicted molar refractivity (Wildman–Crippen MR) is 97.1 cm³/mol. The maximum absolute atomic E-state index is 13.7. The summed E-state index contributed by atoms with van der Waals surface area (Å²) in [5, 5.41) is 0. The topological polar surface area (TPSA) is 81.3 Å². The van der Waals surface area contributed by atoms with E-state index in [0.29, 0.717) is 11.1 Å². The maximum atomic E-state index is 13.7. The number of carbonyl (C=O) groups excluding carboxylic acids is 1. The number of carbonyl (C=O) groups is 1. The van der Waals surface area contributed by atoms with Gasteiger partial charge in [-0.15, -0.1) is 0 Å². The highest BCUT2D eigenvalue weighted by Gasteiger charge is 2.13. The van der Waals surface area contributed by atoms with E-state index in [-0.39, 0.29) is 23.9 Å². The van der Waals surface area contributed by atoms with Gasteiger partial charge in [0, 0.05) is 17.2 Å². The molecule has 0 bridgehead atoms. The molecule has 1 heterocycles. The third-order valence-corrected chi connectivity index (χ3v) is 4.02. The molecule has 0 radical (unpaired) electrons. The number of hydrogen-bond donors (Lipinski definition) is 1. The Balaban J connectivity index is 1.92. The Bertz CT molecular complexity index is 1100. The first-order valence-corrected chi connectivity index (χ1v) is 8.25. The summed E-state index contributed by atoms with van der Waals surface area (Å²) >= 11 is 0. The van der Waals surface area contributed by atoms with Crippen LogP contribution in [0.2, 0.25) is 0 Å². The molecule has 2 aromatic carbocycles. The highest BCUT2D eigenvalue weighted by molar-refractivity contribution is 5.91. The van der Waals surface area contributed by atoms with Gasteiger partial charge in [-0.2, -0.15) is 4.98 Å². The third kappa shape index (κ3) is 4.22. The Hall–Kier alpha value is -3.55. The summed E-state index contributed by atoms with van der Waals surface area (Å²) in [5.41, 5.74) is 1.21. The Morgan fingerprint density at radius 1 is 1.14 bits per heavy atom. The van der Waals surface area contributed by atoms with Crippen LogP contribution in [0.5, 0.6) is 5.88 Å². The fraction of sp³-hybridized carbons (Fsp3) is 0.150. The van der Waals surface area contributed by atoms with Gasteiger partial charge in [-0.25, -0.2) is 13.6 Å². The zero-order chi connectivity index (χ0) is 20.3. The van der Waals surface area contributed by atoms with E-state index in [9.17, 15) is 18.4 Å². The fourth-order valence-corrected chi connectivity index (χ4v) is 2.55. The van der Waals surface area contributed by atoms with E-state index < -0.39 is 23.2 Å². The number of rotatable bonds is 5. The summed E-state index contributed by atoms with van der Waals surface area (Å²) < 4.78 is 36.8. The van der Waals surface area contributed by atoms with Gasteiger partial charge in [-0.3, -0.25) is 4.79 Å². The van der Waals surface area contributed by atoms with Crippen LogP contribution in [0.15, 0.2) is 47.3 Å². The van der Waals surface area contributed by atoms with Crippen molar-refractivity contribution in [3.63, 3.8) is 0 Å². The van der Waals surface area contributed by atoms with Crippen LogP contribution in [-0.4, -0.2) is 23.0 Å². The first-order valence-electron chi connectivity index (χ1n) is 8.25. The molecule has 144 valence electrons. The van der Waals surface area contributed by atoms with Gasteiger partial charge in [0.15, 0.2) is 0 Å². The molecule has 8 heteroatoms. The number of esters is 1. The number of benzene rings is 2. The smallest absolute Gasteiger partial charge is 0.337 e. The molecule has 28 heavy (non-hydrogen) atoms. The van der Waals surface area contributed by atoms with Crippen molar-refractivity contribution in [1.82, 2.24) is 9.97 Å². The summed E-state index contributed by atoms with van der Waals surface area (Å²) in [6.07, 6.45) is 0. The monoisotopic (exact) mass is 386 g/mol. The largest absolute Gasteiger partial charge is 0.472 e. The number of ether oxygens (including phenoxy) is 2. The number of aryl methyl sites for hydroxylation is 1. The zero-order valence-electron chi connectivity index (χ0n) is 15.1. The van der Waals surface area contributed by atoms with E-state index in [2.05, 4.69) is 9.97 Å². The molecular weight excluding hydrogens is 370 g/mol. The molecule has 0 unspecified atom stereocenters. The van der Waals surface area contributed by atoms with Gasteiger partial charge in [-0.1, -0.05) is 6.07 Å². The second-order valence-corrected chi connectivity index (χ2v) is 5.98. The Labute approximate surface area is 158 Å². The molecule has 0 aliphatic carbocycles. The zero-order valence-corrected chi connectivity index (χ0v) is 15.1. The highest BCUT2D eigenvalue weighted by Crippen LogP contribution is 2.23. The Morgan fingerprint density at radius 2 is 1.93 bits per heavy atom. The minimum atomic E-state index is -0.758. The molecule has 1 N–H and O–H groups in total. The second-order valence-electron chi connectivity index (χ2n) is 5.98. The number of nitrogens with one attached hydrogen (secondary N) is 1. The van der Waals surface area contributed by atoms with E-state index in [1.54, 1.807) is 25.1 Å².